The Morgan fingerprint density at radius 3 is 2.79 bits per heavy atom. The van der Waals surface area contributed by atoms with E-state index in [1.165, 1.54) is 0 Å². The van der Waals surface area contributed by atoms with Crippen molar-refractivity contribution in [2.75, 3.05) is 5.88 Å². The molecular formula is C9H10Cl2N2O. The molecule has 5 heteroatoms. The highest BCUT2D eigenvalue weighted by Crippen LogP contribution is 2.23. The smallest absolute Gasteiger partial charge is 0.115 e. The van der Waals surface area contributed by atoms with Crippen molar-refractivity contribution in [1.82, 2.24) is 0 Å². The number of benzene rings is 1. The van der Waals surface area contributed by atoms with Crippen LogP contribution in [0.15, 0.2) is 23.2 Å². The second-order valence-electron chi connectivity index (χ2n) is 2.67. The number of amidine groups is 1. The quantitative estimate of drug-likeness (QED) is 0.477. The van der Waals surface area contributed by atoms with Crippen molar-refractivity contribution in [3.05, 3.63) is 28.8 Å². The van der Waals surface area contributed by atoms with Crippen molar-refractivity contribution in [3.8, 4) is 0 Å². The molecule has 1 aromatic rings. The summed E-state index contributed by atoms with van der Waals surface area (Å²) in [6.07, 6.45) is 0. The van der Waals surface area contributed by atoms with Gasteiger partial charge in [-0.25, -0.2) is 4.99 Å². The van der Waals surface area contributed by atoms with E-state index in [9.17, 15) is 0 Å². The number of aliphatic hydroxyl groups is 1. The SMILES string of the molecule is NC(CCl)=Nc1ccc(Cl)cc1CO. The van der Waals surface area contributed by atoms with Gasteiger partial charge in [-0.1, -0.05) is 11.6 Å². The van der Waals surface area contributed by atoms with Crippen LogP contribution in [0, 0.1) is 0 Å². The molecule has 0 fully saturated rings. The lowest BCUT2D eigenvalue weighted by Gasteiger charge is -2.03. The van der Waals surface area contributed by atoms with Gasteiger partial charge in [0.15, 0.2) is 0 Å². The Morgan fingerprint density at radius 1 is 1.50 bits per heavy atom. The van der Waals surface area contributed by atoms with Gasteiger partial charge < -0.3 is 10.8 Å². The molecule has 0 unspecified atom stereocenters. The summed E-state index contributed by atoms with van der Waals surface area (Å²) in [6, 6.07) is 5.01. The van der Waals surface area contributed by atoms with E-state index >= 15 is 0 Å². The highest BCUT2D eigenvalue weighted by molar-refractivity contribution is 6.30. The van der Waals surface area contributed by atoms with E-state index in [2.05, 4.69) is 4.99 Å². The van der Waals surface area contributed by atoms with Crippen LogP contribution < -0.4 is 5.73 Å². The van der Waals surface area contributed by atoms with Crippen LogP contribution >= 0.6 is 23.2 Å². The maximum absolute atomic E-state index is 9.03. The number of aliphatic hydroxyl groups excluding tert-OH is 1. The summed E-state index contributed by atoms with van der Waals surface area (Å²) in [5.41, 5.74) is 6.69. The number of hydrogen-bond acceptors (Lipinski definition) is 2. The first kappa shape index (κ1) is 11.3. The molecule has 0 aromatic heterocycles. The molecular weight excluding hydrogens is 223 g/mol. The van der Waals surface area contributed by atoms with Crippen LogP contribution in [0.2, 0.25) is 5.02 Å². The molecule has 0 heterocycles. The van der Waals surface area contributed by atoms with E-state index < -0.39 is 0 Å². The fourth-order valence-corrected chi connectivity index (χ4v) is 1.23. The third-order valence-corrected chi connectivity index (χ3v) is 2.12. The van der Waals surface area contributed by atoms with Gasteiger partial charge in [-0.15, -0.1) is 11.6 Å². The zero-order chi connectivity index (χ0) is 10.6. The van der Waals surface area contributed by atoms with Crippen LogP contribution in [0.5, 0.6) is 0 Å². The maximum Gasteiger partial charge on any atom is 0.115 e. The summed E-state index contributed by atoms with van der Waals surface area (Å²) in [5, 5.41) is 9.58. The van der Waals surface area contributed by atoms with E-state index in [-0.39, 0.29) is 12.5 Å². The molecule has 0 amide bonds. The lowest BCUT2D eigenvalue weighted by molar-refractivity contribution is 0.282. The minimum absolute atomic E-state index is 0.130. The number of alkyl halides is 1. The Morgan fingerprint density at radius 2 is 2.21 bits per heavy atom. The molecule has 0 aliphatic carbocycles. The van der Waals surface area contributed by atoms with Gasteiger partial charge in [0.05, 0.1) is 18.2 Å². The lowest BCUT2D eigenvalue weighted by Crippen LogP contribution is -2.12. The zero-order valence-electron chi connectivity index (χ0n) is 7.37. The summed E-state index contributed by atoms with van der Waals surface area (Å²) in [7, 11) is 0. The van der Waals surface area contributed by atoms with Gasteiger partial charge >= 0.3 is 0 Å². The highest BCUT2D eigenvalue weighted by Gasteiger charge is 2.01. The Bertz CT molecular complexity index is 353. The minimum atomic E-state index is -0.130. The summed E-state index contributed by atoms with van der Waals surface area (Å²) >= 11 is 11.2. The van der Waals surface area contributed by atoms with Crippen LogP contribution in [0.4, 0.5) is 5.69 Å². The van der Waals surface area contributed by atoms with Gasteiger partial charge in [0.2, 0.25) is 0 Å². The fraction of sp³-hybridized carbons (Fsp3) is 0.222. The minimum Gasteiger partial charge on any atom is -0.392 e. The van der Waals surface area contributed by atoms with E-state index in [4.69, 9.17) is 34.0 Å². The first-order valence-electron chi connectivity index (χ1n) is 3.95. The van der Waals surface area contributed by atoms with Gasteiger partial charge in [-0.05, 0) is 18.2 Å². The Balaban J connectivity index is 3.08. The van der Waals surface area contributed by atoms with Gasteiger partial charge in [-0.3, -0.25) is 0 Å². The van der Waals surface area contributed by atoms with Crippen molar-refractivity contribution in [1.29, 1.82) is 0 Å². The van der Waals surface area contributed by atoms with Crippen LogP contribution in [-0.2, 0) is 6.61 Å². The number of hydrogen-bond donors (Lipinski definition) is 2. The Hall–Kier alpha value is -0.770. The van der Waals surface area contributed by atoms with Gasteiger partial charge in [-0.2, -0.15) is 0 Å². The average Bonchev–Trinajstić information content (AvgIpc) is 2.20. The maximum atomic E-state index is 9.03. The molecule has 3 N–H and O–H groups in total. The van der Waals surface area contributed by atoms with Crippen molar-refractivity contribution in [2.24, 2.45) is 10.7 Å². The highest BCUT2D eigenvalue weighted by atomic mass is 35.5. The zero-order valence-corrected chi connectivity index (χ0v) is 8.89. The van der Waals surface area contributed by atoms with Crippen LogP contribution in [0.25, 0.3) is 0 Å². The predicted octanol–water partition coefficient (Wildman–Crippen LogP) is 2.06. The Labute approximate surface area is 92.2 Å². The van der Waals surface area contributed by atoms with E-state index in [1.54, 1.807) is 18.2 Å². The normalized spacial score (nSPS) is 11.8. The first-order valence-corrected chi connectivity index (χ1v) is 4.87. The van der Waals surface area contributed by atoms with Gasteiger partial charge in [0.1, 0.15) is 5.84 Å². The van der Waals surface area contributed by atoms with E-state index in [0.29, 0.717) is 22.1 Å². The fourth-order valence-electron chi connectivity index (χ4n) is 0.974. The summed E-state index contributed by atoms with van der Waals surface area (Å²) in [6.45, 7) is -0.130. The second-order valence-corrected chi connectivity index (χ2v) is 3.37. The first-order chi connectivity index (χ1) is 6.67. The summed E-state index contributed by atoms with van der Waals surface area (Å²) in [5.74, 6) is 0.469. The number of nitrogens with zero attached hydrogens (tertiary/aromatic N) is 1. The van der Waals surface area contributed by atoms with Gasteiger partial charge in [0.25, 0.3) is 0 Å². The van der Waals surface area contributed by atoms with Crippen LogP contribution in [0.3, 0.4) is 0 Å². The molecule has 3 nitrogen and oxygen atoms in total. The largest absolute Gasteiger partial charge is 0.392 e. The molecule has 0 spiro atoms. The number of halogens is 2. The molecule has 0 aliphatic rings. The van der Waals surface area contributed by atoms with E-state index in [1.807, 2.05) is 0 Å². The summed E-state index contributed by atoms with van der Waals surface area (Å²) < 4.78 is 0. The molecule has 14 heavy (non-hydrogen) atoms. The molecule has 0 atom stereocenters. The number of nitrogens with two attached hydrogens (primary N) is 1. The third-order valence-electron chi connectivity index (χ3n) is 1.61. The topological polar surface area (TPSA) is 58.6 Å². The van der Waals surface area contributed by atoms with Crippen molar-refractivity contribution in [3.63, 3.8) is 0 Å². The molecule has 0 aliphatic heterocycles. The lowest BCUT2D eigenvalue weighted by atomic mass is 10.2. The predicted molar refractivity (Wildman–Crippen MR) is 59.4 cm³/mol. The number of rotatable bonds is 3. The average molecular weight is 233 g/mol. The second kappa shape index (κ2) is 5.20. The van der Waals surface area contributed by atoms with Gasteiger partial charge in [0, 0.05) is 10.6 Å². The Kier molecular flexibility index (Phi) is 4.20. The third kappa shape index (κ3) is 2.87. The summed E-state index contributed by atoms with van der Waals surface area (Å²) in [4.78, 5) is 4.03. The monoisotopic (exact) mass is 232 g/mol. The molecule has 0 radical (unpaired) electrons. The van der Waals surface area contributed by atoms with Crippen molar-refractivity contribution >= 4 is 34.7 Å². The molecule has 0 bridgehead atoms. The molecule has 76 valence electrons. The van der Waals surface area contributed by atoms with Crippen LogP contribution in [-0.4, -0.2) is 16.8 Å². The van der Waals surface area contributed by atoms with Crippen molar-refractivity contribution in [2.45, 2.75) is 6.61 Å². The van der Waals surface area contributed by atoms with Crippen LogP contribution in [0.1, 0.15) is 5.56 Å². The molecule has 0 saturated heterocycles. The van der Waals surface area contributed by atoms with Crippen molar-refractivity contribution < 1.29 is 5.11 Å². The molecule has 0 saturated carbocycles. The molecule has 1 rings (SSSR count). The molecule has 1 aromatic carbocycles. The van der Waals surface area contributed by atoms with E-state index in [0.717, 1.165) is 0 Å². The number of aliphatic imine (C=N–C) groups is 1. The standard InChI is InChI=1S/C9H10Cl2N2O/c10-4-9(12)13-8-2-1-7(11)3-6(8)5-14/h1-3,14H,4-5H2,(H2,12,13).